The summed E-state index contributed by atoms with van der Waals surface area (Å²) in [6.45, 7) is 5.09. The molecule has 1 N–H and O–H groups in total. The molecule has 0 atom stereocenters. The lowest BCUT2D eigenvalue weighted by Gasteiger charge is -2.07. The molecular weight excluding hydrogens is 190 g/mol. The molecule has 0 aliphatic rings. The van der Waals surface area contributed by atoms with Crippen LogP contribution in [0.2, 0.25) is 0 Å². The standard InChI is InChI=1S/C12H17NO2/c1-9-4-5-11(10(2)6-9)7-13-8-12(14)15-3/h4-6,13H,7-8H2,1-3H3. The number of hydrogen-bond acceptors (Lipinski definition) is 3. The summed E-state index contributed by atoms with van der Waals surface area (Å²) < 4.78 is 4.54. The van der Waals surface area contributed by atoms with E-state index < -0.39 is 0 Å². The minimum Gasteiger partial charge on any atom is -0.468 e. The number of hydrogen-bond donors (Lipinski definition) is 1. The van der Waals surface area contributed by atoms with Crippen LogP contribution in [0.4, 0.5) is 0 Å². The zero-order valence-corrected chi connectivity index (χ0v) is 9.46. The third kappa shape index (κ3) is 3.72. The summed E-state index contributed by atoms with van der Waals surface area (Å²) in [5.74, 6) is -0.236. The number of esters is 1. The lowest BCUT2D eigenvalue weighted by molar-refractivity contribution is -0.139. The average Bonchev–Trinajstić information content (AvgIpc) is 2.21. The Morgan fingerprint density at radius 2 is 2.13 bits per heavy atom. The van der Waals surface area contributed by atoms with Gasteiger partial charge in [0.1, 0.15) is 0 Å². The summed E-state index contributed by atoms with van der Waals surface area (Å²) in [6, 6.07) is 6.28. The van der Waals surface area contributed by atoms with Crippen molar-refractivity contribution < 1.29 is 9.53 Å². The highest BCUT2D eigenvalue weighted by atomic mass is 16.5. The highest BCUT2D eigenvalue weighted by Gasteiger charge is 2.01. The van der Waals surface area contributed by atoms with Crippen molar-refractivity contribution in [3.8, 4) is 0 Å². The quantitative estimate of drug-likeness (QED) is 0.761. The van der Waals surface area contributed by atoms with E-state index >= 15 is 0 Å². The second-order valence-corrected chi connectivity index (χ2v) is 3.61. The van der Waals surface area contributed by atoms with E-state index in [9.17, 15) is 4.79 Å². The van der Waals surface area contributed by atoms with Gasteiger partial charge < -0.3 is 10.1 Å². The maximum atomic E-state index is 10.9. The molecule has 0 aliphatic carbocycles. The van der Waals surface area contributed by atoms with Crippen LogP contribution in [0.15, 0.2) is 18.2 Å². The second-order valence-electron chi connectivity index (χ2n) is 3.61. The van der Waals surface area contributed by atoms with Crippen molar-refractivity contribution in [3.05, 3.63) is 34.9 Å². The zero-order valence-electron chi connectivity index (χ0n) is 9.46. The number of methoxy groups -OCH3 is 1. The Bertz CT molecular complexity index is 347. The summed E-state index contributed by atoms with van der Waals surface area (Å²) in [5.41, 5.74) is 3.71. The van der Waals surface area contributed by atoms with E-state index in [0.717, 1.165) is 0 Å². The fraction of sp³-hybridized carbons (Fsp3) is 0.417. The Balaban J connectivity index is 2.47. The van der Waals surface area contributed by atoms with Gasteiger partial charge in [-0.1, -0.05) is 23.8 Å². The topological polar surface area (TPSA) is 38.3 Å². The third-order valence-electron chi connectivity index (χ3n) is 2.31. The Labute approximate surface area is 90.4 Å². The molecule has 0 fully saturated rings. The Kier molecular flexibility index (Phi) is 4.31. The molecule has 3 nitrogen and oxygen atoms in total. The van der Waals surface area contributed by atoms with E-state index in [-0.39, 0.29) is 12.5 Å². The minimum atomic E-state index is -0.236. The van der Waals surface area contributed by atoms with Crippen LogP contribution >= 0.6 is 0 Å². The number of rotatable bonds is 4. The monoisotopic (exact) mass is 207 g/mol. The first-order valence-electron chi connectivity index (χ1n) is 4.97. The molecule has 0 bridgehead atoms. The van der Waals surface area contributed by atoms with E-state index in [2.05, 4.69) is 42.1 Å². The highest BCUT2D eigenvalue weighted by molar-refractivity contribution is 5.71. The van der Waals surface area contributed by atoms with Crippen molar-refractivity contribution in [2.45, 2.75) is 20.4 Å². The molecule has 0 saturated carbocycles. The van der Waals surface area contributed by atoms with Crippen LogP contribution in [0, 0.1) is 13.8 Å². The Morgan fingerprint density at radius 3 is 2.73 bits per heavy atom. The van der Waals surface area contributed by atoms with Crippen molar-refractivity contribution in [1.82, 2.24) is 5.32 Å². The number of carbonyl (C=O) groups is 1. The first-order chi connectivity index (χ1) is 7.13. The van der Waals surface area contributed by atoms with Gasteiger partial charge in [-0.2, -0.15) is 0 Å². The molecule has 3 heteroatoms. The summed E-state index contributed by atoms with van der Waals surface area (Å²) >= 11 is 0. The van der Waals surface area contributed by atoms with Crippen molar-refractivity contribution in [3.63, 3.8) is 0 Å². The maximum absolute atomic E-state index is 10.9. The molecule has 0 aliphatic heterocycles. The van der Waals surface area contributed by atoms with Crippen molar-refractivity contribution in [2.24, 2.45) is 0 Å². The average molecular weight is 207 g/mol. The third-order valence-corrected chi connectivity index (χ3v) is 2.31. The molecule has 0 unspecified atom stereocenters. The van der Waals surface area contributed by atoms with Gasteiger partial charge in [-0.15, -0.1) is 0 Å². The predicted octanol–water partition coefficient (Wildman–Crippen LogP) is 1.57. The van der Waals surface area contributed by atoms with Crippen molar-refractivity contribution in [1.29, 1.82) is 0 Å². The smallest absolute Gasteiger partial charge is 0.319 e. The lowest BCUT2D eigenvalue weighted by atomic mass is 10.1. The molecule has 0 amide bonds. The van der Waals surface area contributed by atoms with Gasteiger partial charge in [0.2, 0.25) is 0 Å². The van der Waals surface area contributed by atoms with Crippen LogP contribution in [0.3, 0.4) is 0 Å². The zero-order chi connectivity index (χ0) is 11.3. The molecule has 0 saturated heterocycles. The fourth-order valence-electron chi connectivity index (χ4n) is 1.42. The van der Waals surface area contributed by atoms with Gasteiger partial charge in [0.25, 0.3) is 0 Å². The van der Waals surface area contributed by atoms with E-state index in [0.29, 0.717) is 6.54 Å². The van der Waals surface area contributed by atoms with Gasteiger partial charge in [-0.25, -0.2) is 0 Å². The largest absolute Gasteiger partial charge is 0.468 e. The summed E-state index contributed by atoms with van der Waals surface area (Å²) in [4.78, 5) is 10.9. The molecule has 82 valence electrons. The molecule has 1 aromatic carbocycles. The number of ether oxygens (including phenoxy) is 1. The van der Waals surface area contributed by atoms with Crippen molar-refractivity contribution >= 4 is 5.97 Å². The molecule has 0 heterocycles. The maximum Gasteiger partial charge on any atom is 0.319 e. The first-order valence-corrected chi connectivity index (χ1v) is 4.97. The SMILES string of the molecule is COC(=O)CNCc1ccc(C)cc1C. The lowest BCUT2D eigenvalue weighted by Crippen LogP contribution is -2.23. The second kappa shape index (κ2) is 5.51. The summed E-state index contributed by atoms with van der Waals surface area (Å²) in [6.07, 6.45) is 0. The predicted molar refractivity (Wildman–Crippen MR) is 59.6 cm³/mol. The van der Waals surface area contributed by atoms with E-state index in [1.54, 1.807) is 0 Å². The van der Waals surface area contributed by atoms with Gasteiger partial charge in [0, 0.05) is 6.54 Å². The molecule has 15 heavy (non-hydrogen) atoms. The molecule has 1 aromatic rings. The molecular formula is C12H17NO2. The molecule has 0 spiro atoms. The highest BCUT2D eigenvalue weighted by Crippen LogP contribution is 2.09. The van der Waals surface area contributed by atoms with Crippen LogP contribution in [-0.2, 0) is 16.1 Å². The van der Waals surface area contributed by atoms with Crippen LogP contribution in [0.25, 0.3) is 0 Å². The number of benzene rings is 1. The van der Waals surface area contributed by atoms with Crippen LogP contribution in [0.1, 0.15) is 16.7 Å². The normalized spacial score (nSPS) is 10.1. The molecule has 1 rings (SSSR count). The van der Waals surface area contributed by atoms with Crippen molar-refractivity contribution in [2.75, 3.05) is 13.7 Å². The number of aryl methyl sites for hydroxylation is 2. The summed E-state index contributed by atoms with van der Waals surface area (Å²) in [5, 5.41) is 3.04. The van der Waals surface area contributed by atoms with Gasteiger partial charge >= 0.3 is 5.97 Å². The van der Waals surface area contributed by atoms with Crippen LogP contribution < -0.4 is 5.32 Å². The summed E-state index contributed by atoms with van der Waals surface area (Å²) in [7, 11) is 1.39. The molecule has 0 radical (unpaired) electrons. The Hall–Kier alpha value is -1.35. The Morgan fingerprint density at radius 1 is 1.40 bits per heavy atom. The molecule has 0 aromatic heterocycles. The van der Waals surface area contributed by atoms with Crippen LogP contribution in [0.5, 0.6) is 0 Å². The van der Waals surface area contributed by atoms with Gasteiger partial charge in [0.15, 0.2) is 0 Å². The minimum absolute atomic E-state index is 0.236. The van der Waals surface area contributed by atoms with Crippen LogP contribution in [-0.4, -0.2) is 19.6 Å². The van der Waals surface area contributed by atoms with E-state index in [4.69, 9.17) is 0 Å². The first kappa shape index (κ1) is 11.7. The van der Waals surface area contributed by atoms with Gasteiger partial charge in [-0.3, -0.25) is 4.79 Å². The fourth-order valence-corrected chi connectivity index (χ4v) is 1.42. The van der Waals surface area contributed by atoms with Gasteiger partial charge in [-0.05, 0) is 25.0 Å². The number of nitrogens with one attached hydrogen (secondary N) is 1. The van der Waals surface area contributed by atoms with Gasteiger partial charge in [0.05, 0.1) is 13.7 Å². The van der Waals surface area contributed by atoms with E-state index in [1.807, 2.05) is 0 Å². The van der Waals surface area contributed by atoms with E-state index in [1.165, 1.54) is 23.8 Å². The number of carbonyl (C=O) groups excluding carboxylic acids is 1.